The fourth-order valence-corrected chi connectivity index (χ4v) is 1.65. The Bertz CT molecular complexity index is 539. The van der Waals surface area contributed by atoms with E-state index in [2.05, 4.69) is 20.9 Å². The molecule has 3 nitrogen and oxygen atoms in total. The lowest BCUT2D eigenvalue weighted by Crippen LogP contribution is -1.99. The molecule has 0 N–H and O–H groups in total. The number of Topliss-reactive ketones (excluding diaryl/α,β-unsaturated/α-hetero) is 1. The topological polar surface area (TPSA) is 43.1 Å². The van der Waals surface area contributed by atoms with E-state index in [9.17, 15) is 13.6 Å². The maximum Gasteiger partial charge on any atom is 0.313 e. The van der Waals surface area contributed by atoms with E-state index in [-0.39, 0.29) is 27.8 Å². The largest absolute Gasteiger partial charge is 0.434 e. The minimum absolute atomic E-state index is 0.108. The summed E-state index contributed by atoms with van der Waals surface area (Å²) in [6.45, 7) is 0. The van der Waals surface area contributed by atoms with E-state index in [1.807, 2.05) is 0 Å². The van der Waals surface area contributed by atoms with Crippen LogP contribution in [-0.2, 0) is 0 Å². The van der Waals surface area contributed by atoms with Crippen LogP contribution in [0.4, 0.5) is 8.78 Å². The summed E-state index contributed by atoms with van der Waals surface area (Å²) in [6, 6.07) is 4.62. The number of nitrogens with zero attached hydrogens (tertiary/aromatic N) is 1. The van der Waals surface area contributed by atoms with Crippen LogP contribution in [0.15, 0.2) is 22.6 Å². The van der Waals surface area contributed by atoms with Gasteiger partial charge in [-0.2, -0.15) is 8.78 Å². The van der Waals surface area contributed by atoms with Crippen molar-refractivity contribution in [2.45, 2.75) is 6.43 Å². The van der Waals surface area contributed by atoms with E-state index in [1.54, 1.807) is 6.07 Å². The van der Waals surface area contributed by atoms with E-state index in [0.29, 0.717) is 0 Å². The van der Waals surface area contributed by atoms with Crippen LogP contribution < -0.4 is 0 Å². The van der Waals surface area contributed by atoms with Gasteiger partial charge in [0.15, 0.2) is 11.4 Å². The molecule has 0 unspecified atom stereocenters. The van der Waals surface area contributed by atoms with Gasteiger partial charge in [-0.3, -0.25) is 4.79 Å². The molecule has 0 saturated heterocycles. The minimum Gasteiger partial charge on any atom is -0.434 e. The van der Waals surface area contributed by atoms with Gasteiger partial charge in [0.05, 0.1) is 10.9 Å². The van der Waals surface area contributed by atoms with E-state index in [1.165, 1.54) is 12.1 Å². The van der Waals surface area contributed by atoms with Gasteiger partial charge in [-0.1, -0.05) is 22.0 Å². The Morgan fingerprint density at radius 2 is 2.25 bits per heavy atom. The van der Waals surface area contributed by atoms with Gasteiger partial charge >= 0.3 is 6.43 Å². The van der Waals surface area contributed by atoms with Crippen molar-refractivity contribution in [3.05, 3.63) is 29.7 Å². The first-order chi connectivity index (χ1) is 7.63. The number of carbonyl (C=O) groups excluding carboxylic acids is 1. The van der Waals surface area contributed by atoms with Gasteiger partial charge in [0.2, 0.25) is 0 Å². The Hall–Kier alpha value is -1.30. The smallest absolute Gasteiger partial charge is 0.313 e. The zero-order valence-corrected chi connectivity index (χ0v) is 9.50. The molecule has 0 aliphatic rings. The van der Waals surface area contributed by atoms with Gasteiger partial charge in [-0.15, -0.1) is 0 Å². The number of hydrogen-bond acceptors (Lipinski definition) is 3. The van der Waals surface area contributed by atoms with Gasteiger partial charge in [-0.25, -0.2) is 4.98 Å². The van der Waals surface area contributed by atoms with Crippen molar-refractivity contribution < 1.29 is 18.0 Å². The van der Waals surface area contributed by atoms with Crippen LogP contribution in [0.3, 0.4) is 0 Å². The minimum atomic E-state index is -2.78. The lowest BCUT2D eigenvalue weighted by Gasteiger charge is -1.96. The molecule has 0 aliphatic heterocycles. The molecule has 0 amide bonds. The summed E-state index contributed by atoms with van der Waals surface area (Å²) in [6.07, 6.45) is -2.78. The summed E-state index contributed by atoms with van der Waals surface area (Å²) >= 11 is 3.01. The Labute approximate surface area is 97.6 Å². The molecule has 2 rings (SSSR count). The summed E-state index contributed by atoms with van der Waals surface area (Å²) in [7, 11) is 0. The standard InChI is InChI=1S/C10H6BrF2NO2/c11-4-7(15)5-2-1-3-6-8(5)16-10(14-6)9(12)13/h1-3,9H,4H2. The van der Waals surface area contributed by atoms with Crippen LogP contribution in [0.1, 0.15) is 22.7 Å². The number of ketones is 1. The second kappa shape index (κ2) is 4.29. The summed E-state index contributed by atoms with van der Waals surface area (Å²) in [5.74, 6) is -0.896. The number of alkyl halides is 3. The molecule has 0 spiro atoms. The molecule has 0 bridgehead atoms. The Morgan fingerprint density at radius 3 is 2.88 bits per heavy atom. The molecule has 0 atom stereocenters. The summed E-state index contributed by atoms with van der Waals surface area (Å²) in [5.41, 5.74) is 0.637. The van der Waals surface area contributed by atoms with Gasteiger partial charge in [0.25, 0.3) is 5.89 Å². The third kappa shape index (κ3) is 1.84. The Morgan fingerprint density at radius 1 is 1.50 bits per heavy atom. The Balaban J connectivity index is 2.63. The molecule has 0 aliphatic carbocycles. The monoisotopic (exact) mass is 289 g/mol. The summed E-state index contributed by atoms with van der Waals surface area (Å²) in [4.78, 5) is 15.1. The highest BCUT2D eigenvalue weighted by atomic mass is 79.9. The lowest BCUT2D eigenvalue weighted by atomic mass is 10.1. The van der Waals surface area contributed by atoms with Crippen LogP contribution in [0.5, 0.6) is 0 Å². The third-order valence-corrected chi connectivity index (χ3v) is 2.55. The number of para-hydroxylation sites is 1. The van der Waals surface area contributed by atoms with Crippen LogP contribution in [0.25, 0.3) is 11.1 Å². The van der Waals surface area contributed by atoms with E-state index >= 15 is 0 Å². The van der Waals surface area contributed by atoms with Crippen molar-refractivity contribution in [2.75, 3.05) is 5.33 Å². The summed E-state index contributed by atoms with van der Waals surface area (Å²) in [5, 5.41) is 0.108. The first-order valence-corrected chi connectivity index (χ1v) is 5.52. The number of rotatable bonds is 3. The molecule has 0 radical (unpaired) electrons. The van der Waals surface area contributed by atoms with Gasteiger partial charge in [0.1, 0.15) is 5.52 Å². The zero-order valence-electron chi connectivity index (χ0n) is 7.91. The van der Waals surface area contributed by atoms with Gasteiger partial charge in [0, 0.05) is 0 Å². The van der Waals surface area contributed by atoms with Crippen LogP contribution in [0.2, 0.25) is 0 Å². The molecule has 1 heterocycles. The SMILES string of the molecule is O=C(CBr)c1cccc2nc(C(F)F)oc12. The van der Waals surface area contributed by atoms with Crippen LogP contribution in [0, 0.1) is 0 Å². The highest BCUT2D eigenvalue weighted by molar-refractivity contribution is 9.09. The molecular formula is C10H6BrF2NO2. The highest BCUT2D eigenvalue weighted by Crippen LogP contribution is 2.26. The molecule has 16 heavy (non-hydrogen) atoms. The summed E-state index contributed by atoms with van der Waals surface area (Å²) < 4.78 is 29.6. The molecule has 0 fully saturated rings. The van der Waals surface area contributed by atoms with Crippen molar-refractivity contribution in [2.24, 2.45) is 0 Å². The molecule has 84 valence electrons. The average Bonchev–Trinajstić information content (AvgIpc) is 2.71. The van der Waals surface area contributed by atoms with E-state index in [0.717, 1.165) is 0 Å². The molecular weight excluding hydrogens is 284 g/mol. The average molecular weight is 290 g/mol. The number of halogens is 3. The molecule has 6 heteroatoms. The molecule has 1 aromatic heterocycles. The fourth-order valence-electron chi connectivity index (χ4n) is 1.35. The predicted molar refractivity (Wildman–Crippen MR) is 57.1 cm³/mol. The van der Waals surface area contributed by atoms with Crippen molar-refractivity contribution in [3.8, 4) is 0 Å². The maximum absolute atomic E-state index is 12.4. The quantitative estimate of drug-likeness (QED) is 0.643. The number of fused-ring (bicyclic) bond motifs is 1. The molecule has 1 aromatic carbocycles. The fraction of sp³-hybridized carbons (Fsp3) is 0.200. The number of hydrogen-bond donors (Lipinski definition) is 0. The second-order valence-corrected chi connectivity index (χ2v) is 3.62. The first-order valence-electron chi connectivity index (χ1n) is 4.40. The van der Waals surface area contributed by atoms with Crippen LogP contribution in [-0.4, -0.2) is 16.1 Å². The van der Waals surface area contributed by atoms with Crippen molar-refractivity contribution >= 4 is 32.8 Å². The first kappa shape index (κ1) is 11.2. The number of oxazole rings is 1. The normalized spacial score (nSPS) is 11.2. The van der Waals surface area contributed by atoms with E-state index in [4.69, 9.17) is 4.42 Å². The number of benzene rings is 1. The second-order valence-electron chi connectivity index (χ2n) is 3.06. The number of carbonyl (C=O) groups is 1. The van der Waals surface area contributed by atoms with Crippen molar-refractivity contribution in [1.82, 2.24) is 4.98 Å². The van der Waals surface area contributed by atoms with Crippen molar-refractivity contribution in [1.29, 1.82) is 0 Å². The number of aromatic nitrogens is 1. The van der Waals surface area contributed by atoms with Gasteiger partial charge < -0.3 is 4.42 Å². The lowest BCUT2D eigenvalue weighted by molar-refractivity contribution is 0.102. The maximum atomic E-state index is 12.4. The van der Waals surface area contributed by atoms with Gasteiger partial charge in [-0.05, 0) is 12.1 Å². The van der Waals surface area contributed by atoms with Crippen molar-refractivity contribution in [3.63, 3.8) is 0 Å². The zero-order chi connectivity index (χ0) is 11.7. The highest BCUT2D eigenvalue weighted by Gasteiger charge is 2.19. The molecule has 2 aromatic rings. The van der Waals surface area contributed by atoms with E-state index < -0.39 is 12.3 Å². The third-order valence-electron chi connectivity index (χ3n) is 2.04. The molecule has 0 saturated carbocycles. The van der Waals surface area contributed by atoms with Crippen LogP contribution >= 0.6 is 15.9 Å². The predicted octanol–water partition coefficient (Wildman–Crippen LogP) is 3.34. The Kier molecular flexibility index (Phi) is 3.00.